The summed E-state index contributed by atoms with van der Waals surface area (Å²) < 4.78 is 4.65. The van der Waals surface area contributed by atoms with Crippen molar-refractivity contribution in [2.75, 3.05) is 7.11 Å². The molecule has 1 amide bonds. The number of hydrogen-bond donors (Lipinski definition) is 1. The lowest BCUT2D eigenvalue weighted by atomic mass is 10.1. The van der Waals surface area contributed by atoms with E-state index in [0.29, 0.717) is 12.1 Å². The van der Waals surface area contributed by atoms with Crippen LogP contribution in [0, 0.1) is 0 Å². The number of carbonyl (C=O) groups is 2. The van der Waals surface area contributed by atoms with Gasteiger partial charge in [-0.3, -0.25) is 4.79 Å². The van der Waals surface area contributed by atoms with Crippen molar-refractivity contribution in [3.05, 3.63) is 59.8 Å². The van der Waals surface area contributed by atoms with Gasteiger partial charge in [0.15, 0.2) is 0 Å². The summed E-state index contributed by atoms with van der Waals surface area (Å²) in [6.45, 7) is 2.25. The fourth-order valence-corrected chi connectivity index (χ4v) is 2.69. The van der Waals surface area contributed by atoms with E-state index in [0.717, 1.165) is 10.6 Å². The van der Waals surface area contributed by atoms with Crippen molar-refractivity contribution in [3.8, 4) is 0 Å². The van der Waals surface area contributed by atoms with Crippen LogP contribution < -0.4 is 5.32 Å². The summed E-state index contributed by atoms with van der Waals surface area (Å²) in [5, 5.41) is 3.46. The molecule has 0 bridgehead atoms. The molecule has 6 heteroatoms. The van der Waals surface area contributed by atoms with Gasteiger partial charge in [-0.1, -0.05) is 30.0 Å². The summed E-state index contributed by atoms with van der Waals surface area (Å²) in [5.41, 5.74) is 1.41. The number of nitrogens with one attached hydrogen (secondary N) is 1. The average molecular weight is 330 g/mol. The zero-order valence-corrected chi connectivity index (χ0v) is 13.8. The van der Waals surface area contributed by atoms with E-state index in [2.05, 4.69) is 15.0 Å². The van der Waals surface area contributed by atoms with Crippen molar-refractivity contribution in [1.29, 1.82) is 0 Å². The molecule has 120 valence electrons. The summed E-state index contributed by atoms with van der Waals surface area (Å²) in [5.74, 6) is -0.432. The standard InChI is InChI=1S/C17H18N2O3S/c1-12(23-15-5-3-4-10-18-15)16(20)19-11-13-6-8-14(9-7-13)17(21)22-2/h3-10,12H,11H2,1-2H3,(H,19,20)/t12-/m0/s1. The Morgan fingerprint density at radius 2 is 1.96 bits per heavy atom. The molecule has 0 aliphatic heterocycles. The van der Waals surface area contributed by atoms with Gasteiger partial charge in [0.05, 0.1) is 22.9 Å². The van der Waals surface area contributed by atoms with Crippen LogP contribution in [0.1, 0.15) is 22.8 Å². The first kappa shape index (κ1) is 17.0. The third kappa shape index (κ3) is 5.10. The molecule has 23 heavy (non-hydrogen) atoms. The fraction of sp³-hybridized carbons (Fsp3) is 0.235. The number of ether oxygens (including phenoxy) is 1. The first-order chi connectivity index (χ1) is 11.1. The largest absolute Gasteiger partial charge is 0.465 e. The number of pyridine rings is 1. The fourth-order valence-electron chi connectivity index (χ4n) is 1.86. The minimum Gasteiger partial charge on any atom is -0.465 e. The third-order valence-electron chi connectivity index (χ3n) is 3.15. The number of thioether (sulfide) groups is 1. The average Bonchev–Trinajstić information content (AvgIpc) is 2.60. The van der Waals surface area contributed by atoms with Crippen molar-refractivity contribution in [2.24, 2.45) is 0 Å². The van der Waals surface area contributed by atoms with Gasteiger partial charge in [0.25, 0.3) is 0 Å². The lowest BCUT2D eigenvalue weighted by molar-refractivity contribution is -0.120. The molecule has 0 aliphatic rings. The van der Waals surface area contributed by atoms with Crippen molar-refractivity contribution in [1.82, 2.24) is 10.3 Å². The molecule has 2 aromatic rings. The number of aromatic nitrogens is 1. The van der Waals surface area contributed by atoms with E-state index in [1.807, 2.05) is 25.1 Å². The molecular formula is C17H18N2O3S. The molecule has 0 saturated carbocycles. The van der Waals surface area contributed by atoms with E-state index >= 15 is 0 Å². The van der Waals surface area contributed by atoms with Crippen molar-refractivity contribution in [2.45, 2.75) is 23.7 Å². The number of rotatable bonds is 6. The van der Waals surface area contributed by atoms with Crippen LogP contribution in [-0.4, -0.2) is 29.2 Å². The van der Waals surface area contributed by atoms with Crippen LogP contribution in [0.3, 0.4) is 0 Å². The van der Waals surface area contributed by atoms with E-state index in [1.54, 1.807) is 30.5 Å². The maximum atomic E-state index is 12.1. The Morgan fingerprint density at radius 1 is 1.22 bits per heavy atom. The van der Waals surface area contributed by atoms with Crippen molar-refractivity contribution < 1.29 is 14.3 Å². The lowest BCUT2D eigenvalue weighted by Gasteiger charge is -2.11. The predicted molar refractivity (Wildman–Crippen MR) is 89.2 cm³/mol. The Hall–Kier alpha value is -2.34. The maximum Gasteiger partial charge on any atom is 0.337 e. The first-order valence-corrected chi connectivity index (χ1v) is 8.01. The zero-order chi connectivity index (χ0) is 16.7. The molecule has 0 radical (unpaired) electrons. The highest BCUT2D eigenvalue weighted by atomic mass is 32.2. The normalized spacial score (nSPS) is 11.6. The summed E-state index contributed by atoms with van der Waals surface area (Å²) in [6.07, 6.45) is 1.70. The van der Waals surface area contributed by atoms with Crippen molar-refractivity contribution >= 4 is 23.6 Å². The minimum atomic E-state index is -0.374. The molecule has 0 spiro atoms. The smallest absolute Gasteiger partial charge is 0.337 e. The van der Waals surface area contributed by atoms with E-state index in [-0.39, 0.29) is 17.1 Å². The van der Waals surface area contributed by atoms with Crippen LogP contribution in [0.25, 0.3) is 0 Å². The number of esters is 1. The van der Waals surface area contributed by atoms with Crippen LogP contribution in [0.15, 0.2) is 53.7 Å². The Balaban J connectivity index is 1.85. The van der Waals surface area contributed by atoms with Crippen LogP contribution in [-0.2, 0) is 16.1 Å². The Morgan fingerprint density at radius 3 is 2.57 bits per heavy atom. The molecule has 1 aromatic carbocycles. The van der Waals surface area contributed by atoms with E-state index in [1.165, 1.54) is 18.9 Å². The summed E-state index contributed by atoms with van der Waals surface area (Å²) >= 11 is 1.41. The van der Waals surface area contributed by atoms with Gasteiger partial charge in [-0.25, -0.2) is 9.78 Å². The SMILES string of the molecule is COC(=O)c1ccc(CNC(=O)[C@H](C)Sc2ccccn2)cc1. The Labute approximate surface area is 139 Å². The van der Waals surface area contributed by atoms with Gasteiger partial charge >= 0.3 is 5.97 Å². The van der Waals surface area contributed by atoms with Crippen molar-refractivity contribution in [3.63, 3.8) is 0 Å². The minimum absolute atomic E-state index is 0.0577. The van der Waals surface area contributed by atoms with E-state index in [4.69, 9.17) is 0 Å². The van der Waals surface area contributed by atoms with Gasteiger partial charge in [-0.05, 0) is 36.8 Å². The Kier molecular flexibility index (Phi) is 6.17. The predicted octanol–water partition coefficient (Wildman–Crippen LogP) is 2.67. The molecule has 0 aliphatic carbocycles. The van der Waals surface area contributed by atoms with Gasteiger partial charge in [0.1, 0.15) is 0 Å². The molecule has 1 N–H and O–H groups in total. The summed E-state index contributed by atoms with van der Waals surface area (Å²) in [4.78, 5) is 27.7. The van der Waals surface area contributed by atoms with Crippen LogP contribution in [0.4, 0.5) is 0 Å². The lowest BCUT2D eigenvalue weighted by Crippen LogP contribution is -2.30. The highest BCUT2D eigenvalue weighted by Gasteiger charge is 2.14. The summed E-state index contributed by atoms with van der Waals surface area (Å²) in [6, 6.07) is 12.6. The van der Waals surface area contributed by atoms with Gasteiger partial charge in [0, 0.05) is 12.7 Å². The number of methoxy groups -OCH3 is 1. The summed E-state index contributed by atoms with van der Waals surface area (Å²) in [7, 11) is 1.34. The van der Waals surface area contributed by atoms with Crippen LogP contribution in [0.2, 0.25) is 0 Å². The van der Waals surface area contributed by atoms with Crippen LogP contribution in [0.5, 0.6) is 0 Å². The molecule has 5 nitrogen and oxygen atoms in total. The van der Waals surface area contributed by atoms with Gasteiger partial charge in [-0.2, -0.15) is 0 Å². The molecular weight excluding hydrogens is 312 g/mol. The molecule has 1 aromatic heterocycles. The van der Waals surface area contributed by atoms with E-state index in [9.17, 15) is 9.59 Å². The second-order valence-corrected chi connectivity index (χ2v) is 6.20. The highest BCUT2D eigenvalue weighted by Crippen LogP contribution is 2.20. The number of nitrogens with zero attached hydrogens (tertiary/aromatic N) is 1. The second kappa shape index (κ2) is 8.33. The van der Waals surface area contributed by atoms with Crippen LogP contribution >= 0.6 is 11.8 Å². The Bertz CT molecular complexity index is 659. The third-order valence-corrected chi connectivity index (χ3v) is 4.20. The highest BCUT2D eigenvalue weighted by molar-refractivity contribution is 8.00. The van der Waals surface area contributed by atoms with E-state index < -0.39 is 0 Å². The number of hydrogen-bond acceptors (Lipinski definition) is 5. The number of carbonyl (C=O) groups excluding carboxylic acids is 2. The topological polar surface area (TPSA) is 68.3 Å². The monoisotopic (exact) mass is 330 g/mol. The maximum absolute atomic E-state index is 12.1. The second-order valence-electron chi connectivity index (χ2n) is 4.83. The first-order valence-electron chi connectivity index (χ1n) is 7.13. The molecule has 0 saturated heterocycles. The number of amides is 1. The molecule has 1 heterocycles. The molecule has 0 unspecified atom stereocenters. The quantitative estimate of drug-likeness (QED) is 0.651. The van der Waals surface area contributed by atoms with Gasteiger partial charge in [0.2, 0.25) is 5.91 Å². The van der Waals surface area contributed by atoms with Gasteiger partial charge in [-0.15, -0.1) is 0 Å². The molecule has 0 fully saturated rings. The molecule has 2 rings (SSSR count). The zero-order valence-electron chi connectivity index (χ0n) is 13.0. The van der Waals surface area contributed by atoms with Gasteiger partial charge < -0.3 is 10.1 Å². The number of benzene rings is 1. The molecule has 1 atom stereocenters.